The molecule has 2 N–H and O–H groups in total. The van der Waals surface area contributed by atoms with E-state index in [9.17, 15) is 9.00 Å². The first-order valence-corrected chi connectivity index (χ1v) is 8.88. The summed E-state index contributed by atoms with van der Waals surface area (Å²) in [5, 5.41) is 6.03. The molecule has 1 aromatic rings. The van der Waals surface area contributed by atoms with E-state index in [4.69, 9.17) is 0 Å². The maximum Gasteiger partial charge on any atom is 0.315 e. The fourth-order valence-electron chi connectivity index (χ4n) is 2.66. The molecule has 0 aromatic carbocycles. The number of amides is 2. The van der Waals surface area contributed by atoms with E-state index in [1.54, 1.807) is 6.20 Å². The average Bonchev–Trinajstić information content (AvgIpc) is 2.53. The van der Waals surface area contributed by atoms with Gasteiger partial charge in [-0.3, -0.25) is 9.19 Å². The smallest absolute Gasteiger partial charge is 0.315 e. The molecule has 1 saturated carbocycles. The number of aromatic nitrogens is 1. The van der Waals surface area contributed by atoms with E-state index in [-0.39, 0.29) is 17.3 Å². The summed E-state index contributed by atoms with van der Waals surface area (Å²) in [6, 6.07) is 5.57. The van der Waals surface area contributed by atoms with Crippen LogP contribution < -0.4 is 10.6 Å². The standard InChI is InChI=1S/C15H23N3O2S/c1-2-21(20)14-8-5-7-12(10-14)18-15(19)17-11-13-6-3-4-9-16-13/h3-4,6,9,12,14H,2,5,7-8,10-11H2,1H3,(H2,17,18,19)/t12-,14-,21+/m1/s1. The van der Waals surface area contributed by atoms with Gasteiger partial charge in [-0.15, -0.1) is 0 Å². The minimum atomic E-state index is -0.764. The van der Waals surface area contributed by atoms with Gasteiger partial charge in [0, 0.05) is 34.0 Å². The van der Waals surface area contributed by atoms with Crippen LogP contribution in [0, 0.1) is 0 Å². The highest BCUT2D eigenvalue weighted by Crippen LogP contribution is 2.22. The maximum atomic E-state index is 11.9. The Labute approximate surface area is 128 Å². The highest BCUT2D eigenvalue weighted by molar-refractivity contribution is 7.85. The monoisotopic (exact) mass is 309 g/mol. The van der Waals surface area contributed by atoms with Crippen LogP contribution in [-0.4, -0.2) is 32.3 Å². The number of rotatable bonds is 5. The summed E-state index contributed by atoms with van der Waals surface area (Å²) in [6.45, 7) is 2.37. The Hall–Kier alpha value is -1.43. The maximum absolute atomic E-state index is 11.9. The minimum Gasteiger partial charge on any atom is -0.335 e. The molecule has 3 atom stereocenters. The van der Waals surface area contributed by atoms with Crippen molar-refractivity contribution in [3.8, 4) is 0 Å². The zero-order valence-corrected chi connectivity index (χ0v) is 13.2. The third-order valence-electron chi connectivity index (χ3n) is 3.77. The molecule has 0 unspecified atom stereocenters. The van der Waals surface area contributed by atoms with E-state index in [2.05, 4.69) is 15.6 Å². The normalized spacial score (nSPS) is 23.3. The predicted molar refractivity (Wildman–Crippen MR) is 84.3 cm³/mol. The highest BCUT2D eigenvalue weighted by Gasteiger charge is 2.26. The Balaban J connectivity index is 1.76. The number of carbonyl (C=O) groups excluding carboxylic acids is 1. The van der Waals surface area contributed by atoms with Gasteiger partial charge in [0.15, 0.2) is 0 Å². The van der Waals surface area contributed by atoms with Crippen LogP contribution in [0.5, 0.6) is 0 Å². The van der Waals surface area contributed by atoms with Crippen LogP contribution >= 0.6 is 0 Å². The highest BCUT2D eigenvalue weighted by atomic mass is 32.2. The molecule has 2 rings (SSSR count). The fraction of sp³-hybridized carbons (Fsp3) is 0.600. The molecular weight excluding hydrogens is 286 g/mol. The van der Waals surface area contributed by atoms with Gasteiger partial charge in [0.05, 0.1) is 12.2 Å². The third kappa shape index (κ3) is 5.12. The second kappa shape index (κ2) is 8.12. The Bertz CT molecular complexity index is 481. The SMILES string of the molecule is CC[S@](=O)[C@@H]1CCC[C@@H](NC(=O)NCc2ccccn2)C1. The van der Waals surface area contributed by atoms with Gasteiger partial charge >= 0.3 is 6.03 Å². The molecule has 0 spiro atoms. The Kier molecular flexibility index (Phi) is 6.17. The van der Waals surface area contributed by atoms with Crippen LogP contribution in [0.3, 0.4) is 0 Å². The lowest BCUT2D eigenvalue weighted by Gasteiger charge is -2.29. The van der Waals surface area contributed by atoms with Crippen LogP contribution in [0.1, 0.15) is 38.3 Å². The van der Waals surface area contributed by atoms with Crippen molar-refractivity contribution in [2.45, 2.75) is 50.4 Å². The molecule has 1 aromatic heterocycles. The van der Waals surface area contributed by atoms with Gasteiger partial charge in [0.2, 0.25) is 0 Å². The second-order valence-electron chi connectivity index (χ2n) is 5.30. The third-order valence-corrected chi connectivity index (χ3v) is 5.51. The van der Waals surface area contributed by atoms with Crippen LogP contribution in [0.15, 0.2) is 24.4 Å². The summed E-state index contributed by atoms with van der Waals surface area (Å²) in [5.74, 6) is 0.698. The molecular formula is C15H23N3O2S. The number of nitrogens with one attached hydrogen (secondary N) is 2. The molecule has 0 saturated heterocycles. The molecule has 1 fully saturated rings. The van der Waals surface area contributed by atoms with E-state index < -0.39 is 10.8 Å². The van der Waals surface area contributed by atoms with Crippen molar-refractivity contribution < 1.29 is 9.00 Å². The Morgan fingerprint density at radius 1 is 1.43 bits per heavy atom. The zero-order chi connectivity index (χ0) is 15.1. The number of hydrogen-bond acceptors (Lipinski definition) is 3. The molecule has 0 aliphatic heterocycles. The van der Waals surface area contributed by atoms with Gasteiger partial charge in [-0.2, -0.15) is 0 Å². The average molecular weight is 309 g/mol. The van der Waals surface area contributed by atoms with Crippen molar-refractivity contribution in [1.82, 2.24) is 15.6 Å². The fourth-order valence-corrected chi connectivity index (χ4v) is 4.01. The topological polar surface area (TPSA) is 71.1 Å². The van der Waals surface area contributed by atoms with Crippen molar-refractivity contribution in [2.75, 3.05) is 5.75 Å². The summed E-state index contributed by atoms with van der Waals surface area (Å²) in [7, 11) is -0.764. The molecule has 2 amide bonds. The van der Waals surface area contributed by atoms with Crippen molar-refractivity contribution in [3.63, 3.8) is 0 Å². The van der Waals surface area contributed by atoms with E-state index in [1.165, 1.54) is 0 Å². The first-order chi connectivity index (χ1) is 10.2. The number of urea groups is 1. The molecule has 1 aliphatic carbocycles. The molecule has 116 valence electrons. The summed E-state index contributed by atoms with van der Waals surface area (Å²) in [5.41, 5.74) is 0.834. The van der Waals surface area contributed by atoms with Crippen molar-refractivity contribution in [3.05, 3.63) is 30.1 Å². The Morgan fingerprint density at radius 3 is 3.00 bits per heavy atom. The molecule has 21 heavy (non-hydrogen) atoms. The lowest BCUT2D eigenvalue weighted by molar-refractivity contribution is 0.232. The van der Waals surface area contributed by atoms with E-state index in [0.717, 1.165) is 31.4 Å². The van der Waals surface area contributed by atoms with Crippen LogP contribution in [-0.2, 0) is 17.3 Å². The lowest BCUT2D eigenvalue weighted by Crippen LogP contribution is -2.45. The number of hydrogen-bond donors (Lipinski definition) is 2. The zero-order valence-electron chi connectivity index (χ0n) is 12.4. The van der Waals surface area contributed by atoms with Crippen molar-refractivity contribution in [2.24, 2.45) is 0 Å². The van der Waals surface area contributed by atoms with Crippen LogP contribution in [0.2, 0.25) is 0 Å². The predicted octanol–water partition coefficient (Wildman–Crippen LogP) is 1.96. The Morgan fingerprint density at radius 2 is 2.29 bits per heavy atom. The van der Waals surface area contributed by atoms with E-state index >= 15 is 0 Å². The lowest BCUT2D eigenvalue weighted by atomic mass is 9.95. The molecule has 1 heterocycles. The van der Waals surface area contributed by atoms with Crippen LogP contribution in [0.25, 0.3) is 0 Å². The van der Waals surface area contributed by atoms with Crippen LogP contribution in [0.4, 0.5) is 4.79 Å². The van der Waals surface area contributed by atoms with Gasteiger partial charge in [0.25, 0.3) is 0 Å². The summed E-state index contributed by atoms with van der Waals surface area (Å²) in [6.07, 6.45) is 5.53. The summed E-state index contributed by atoms with van der Waals surface area (Å²) in [4.78, 5) is 16.1. The van der Waals surface area contributed by atoms with Gasteiger partial charge in [0.1, 0.15) is 0 Å². The first kappa shape index (κ1) is 15.9. The number of pyridine rings is 1. The first-order valence-electron chi connectivity index (χ1n) is 7.50. The minimum absolute atomic E-state index is 0.128. The molecule has 0 radical (unpaired) electrons. The van der Waals surface area contributed by atoms with Gasteiger partial charge in [-0.05, 0) is 31.4 Å². The molecule has 6 heteroatoms. The second-order valence-corrected chi connectivity index (χ2v) is 7.31. The van der Waals surface area contributed by atoms with E-state index in [0.29, 0.717) is 12.3 Å². The molecule has 1 aliphatic rings. The summed E-state index contributed by atoms with van der Waals surface area (Å²) < 4.78 is 11.9. The summed E-state index contributed by atoms with van der Waals surface area (Å²) >= 11 is 0. The van der Waals surface area contributed by atoms with Gasteiger partial charge < -0.3 is 10.6 Å². The molecule has 0 bridgehead atoms. The molecule has 5 nitrogen and oxygen atoms in total. The number of carbonyl (C=O) groups is 1. The van der Waals surface area contributed by atoms with Crippen molar-refractivity contribution >= 4 is 16.8 Å². The van der Waals surface area contributed by atoms with E-state index in [1.807, 2.05) is 25.1 Å². The van der Waals surface area contributed by atoms with Gasteiger partial charge in [-0.1, -0.05) is 19.4 Å². The largest absolute Gasteiger partial charge is 0.335 e. The van der Waals surface area contributed by atoms with Gasteiger partial charge in [-0.25, -0.2) is 4.79 Å². The van der Waals surface area contributed by atoms with Crippen molar-refractivity contribution in [1.29, 1.82) is 0 Å². The number of nitrogens with zero attached hydrogens (tertiary/aromatic N) is 1. The quantitative estimate of drug-likeness (QED) is 0.873.